The Bertz CT molecular complexity index is 1550. The molecular weight excluding hydrogens is 909 g/mol. The van der Waals surface area contributed by atoms with Crippen molar-refractivity contribution in [3.8, 4) is 23.0 Å². The number of hydrogen-bond acceptors (Lipinski definition) is 6. The molecule has 2 aromatic carbocycles. The van der Waals surface area contributed by atoms with Gasteiger partial charge in [-0.2, -0.15) is 0 Å². The number of fused-ring (bicyclic) bond motifs is 9. The summed E-state index contributed by atoms with van der Waals surface area (Å²) in [6, 6.07) is 12.2. The molecule has 0 saturated heterocycles. The number of Topliss-reactive ketones (excluding diaryl/α,β-unsaturated/α-hetero) is 2. The second-order valence-corrected chi connectivity index (χ2v) is 13.2. The number of benzene rings is 2. The second kappa shape index (κ2) is 14.0. The maximum absolute atomic E-state index is 12.3. The molecule has 0 spiro atoms. The maximum Gasteiger partial charge on any atom is 0.146 e. The monoisotopic (exact) mass is 950 g/mol. The molecule has 6 aliphatic rings. The van der Waals surface area contributed by atoms with Crippen LogP contribution in [0.4, 0.5) is 0 Å². The summed E-state index contributed by atoms with van der Waals surface area (Å²) in [5.41, 5.74) is 5.87. The Labute approximate surface area is 306 Å². The van der Waals surface area contributed by atoms with Crippen molar-refractivity contribution in [1.29, 1.82) is 0 Å². The fourth-order valence-corrected chi connectivity index (χ4v) is 8.76. The number of ketones is 2. The van der Waals surface area contributed by atoms with E-state index in [0.29, 0.717) is 42.3 Å². The van der Waals surface area contributed by atoms with Crippen LogP contribution in [0.2, 0.25) is 0 Å². The summed E-state index contributed by atoms with van der Waals surface area (Å²) >= 11 is 4.24. The number of carbonyl (C=O) groups excluding carboxylic acids is 2. The Morgan fingerprint density at radius 3 is 2.29 bits per heavy atom. The van der Waals surface area contributed by atoms with E-state index in [9.17, 15) is 9.59 Å². The van der Waals surface area contributed by atoms with Crippen LogP contribution in [-0.4, -0.2) is 39.0 Å². The molecular formula is C36H41I3O6. The minimum absolute atomic E-state index is 0. The molecule has 0 bridgehead atoms. The van der Waals surface area contributed by atoms with Gasteiger partial charge >= 0.3 is 0 Å². The van der Waals surface area contributed by atoms with E-state index in [-0.39, 0.29) is 34.8 Å². The molecule has 2 aromatic rings. The van der Waals surface area contributed by atoms with Crippen LogP contribution >= 0.6 is 61.2 Å². The van der Waals surface area contributed by atoms with Crippen molar-refractivity contribution in [3.63, 3.8) is 0 Å². The van der Waals surface area contributed by atoms with Gasteiger partial charge in [-0.3, -0.25) is 9.59 Å². The van der Waals surface area contributed by atoms with Crippen LogP contribution in [0.5, 0.6) is 23.0 Å². The van der Waals surface area contributed by atoms with E-state index < -0.39 is 0 Å². The molecule has 2 saturated carbocycles. The highest BCUT2D eigenvalue weighted by molar-refractivity contribution is 15.0. The minimum Gasteiger partial charge on any atom is -0.497 e. The lowest BCUT2D eigenvalue weighted by Crippen LogP contribution is -2.44. The summed E-state index contributed by atoms with van der Waals surface area (Å²) in [5, 5.41) is 0. The Balaban J connectivity index is 0.000000165. The smallest absolute Gasteiger partial charge is 0.146 e. The molecule has 9 heteroatoms. The largest absolute Gasteiger partial charge is 0.497 e. The highest BCUT2D eigenvalue weighted by Gasteiger charge is 2.55. The van der Waals surface area contributed by atoms with Crippen LogP contribution in [0.15, 0.2) is 53.6 Å². The predicted molar refractivity (Wildman–Crippen MR) is 204 cm³/mol. The Hall–Kier alpha value is -1.35. The number of carbonyl (C=O) groups is 2. The molecule has 0 radical (unpaired) electrons. The third-order valence-electron chi connectivity index (χ3n) is 11.3. The third kappa shape index (κ3) is 5.97. The van der Waals surface area contributed by atoms with Gasteiger partial charge in [0.25, 0.3) is 0 Å². The van der Waals surface area contributed by atoms with Crippen molar-refractivity contribution in [2.75, 3.05) is 27.4 Å². The fraction of sp³-hybridized carbons (Fsp3) is 0.500. The topological polar surface area (TPSA) is 71.1 Å². The van der Waals surface area contributed by atoms with E-state index in [2.05, 4.69) is 69.3 Å². The number of halogens is 3. The Morgan fingerprint density at radius 2 is 1.56 bits per heavy atom. The van der Waals surface area contributed by atoms with Crippen LogP contribution in [-0.2, 0) is 9.59 Å². The predicted octanol–water partition coefficient (Wildman–Crippen LogP) is 9.50. The van der Waals surface area contributed by atoms with Gasteiger partial charge in [-0.25, -0.2) is 0 Å². The lowest BCUT2D eigenvalue weighted by Gasteiger charge is -2.47. The Morgan fingerprint density at radius 1 is 0.844 bits per heavy atom. The van der Waals surface area contributed by atoms with Gasteiger partial charge in [-0.15, -0.1) is 24.0 Å². The normalized spacial score (nSPS) is 29.9. The number of allylic oxidation sites excluding steroid dienone is 2. The highest BCUT2D eigenvalue weighted by Crippen LogP contribution is 2.59. The van der Waals surface area contributed by atoms with Gasteiger partial charge in [0.05, 0.1) is 26.2 Å². The summed E-state index contributed by atoms with van der Waals surface area (Å²) in [6.07, 6.45) is 8.47. The molecule has 0 N–H and O–H groups in total. The van der Waals surface area contributed by atoms with E-state index in [0.717, 1.165) is 73.7 Å². The summed E-state index contributed by atoms with van der Waals surface area (Å²) in [7, 11) is 3.35. The summed E-state index contributed by atoms with van der Waals surface area (Å²) < 4.78 is 22.5. The van der Waals surface area contributed by atoms with Crippen LogP contribution in [0.1, 0.15) is 75.8 Å². The minimum atomic E-state index is -0.286. The second-order valence-electron chi connectivity index (χ2n) is 13.2. The van der Waals surface area contributed by atoms with Gasteiger partial charge < -0.3 is 18.9 Å². The highest BCUT2D eigenvalue weighted by atomic mass is 128. The number of rotatable bonds is 2. The van der Waals surface area contributed by atoms with Crippen LogP contribution in [0.3, 0.4) is 0 Å². The molecule has 2 fully saturated rings. The molecule has 5 atom stereocenters. The zero-order chi connectivity index (χ0) is 31.2. The van der Waals surface area contributed by atoms with Crippen molar-refractivity contribution in [2.24, 2.45) is 22.7 Å². The van der Waals surface area contributed by atoms with E-state index in [1.54, 1.807) is 14.2 Å². The van der Waals surface area contributed by atoms with Crippen LogP contribution in [0, 0.1) is 22.7 Å². The molecule has 6 nitrogen and oxygen atoms in total. The lowest BCUT2D eigenvalue weighted by molar-refractivity contribution is -0.129. The van der Waals surface area contributed by atoms with Crippen molar-refractivity contribution in [3.05, 3.63) is 64.7 Å². The molecule has 0 amide bonds. The van der Waals surface area contributed by atoms with Gasteiger partial charge in [-0.05, 0) is 91.3 Å². The first-order valence-corrected chi connectivity index (χ1v) is 21.8. The molecule has 0 aromatic heterocycles. The first-order valence-electron chi connectivity index (χ1n) is 15.5. The van der Waals surface area contributed by atoms with Gasteiger partial charge in [0.15, 0.2) is 0 Å². The number of hydrogen-bond donors (Lipinski definition) is 0. The molecule has 2 heterocycles. The first kappa shape index (κ1) is 35.0. The molecule has 2 aliphatic heterocycles. The van der Waals surface area contributed by atoms with Gasteiger partial charge in [0, 0.05) is 79.1 Å². The zero-order valence-corrected chi connectivity index (χ0v) is 32.9. The molecule has 4 aliphatic carbocycles. The van der Waals surface area contributed by atoms with Gasteiger partial charge in [0.1, 0.15) is 41.2 Å². The molecule has 0 unspecified atom stereocenters. The van der Waals surface area contributed by atoms with Crippen LogP contribution in [0.25, 0.3) is 5.57 Å². The standard InChI is InChI=1S/C18H22O3.C18H18O3.I2.HI/c2*1-18-8-7-12-13-4-3-11(20-2)9-16(13)21-10-14(12)15(18)5-6-17(18)19;1-2;/h3-4,9,12,14-15H,5-8,10H2,1-2H3;3-5,9H,6-8,10H2,1-2H3;;1H/t12-,14+,15+,18+;18-;;/m10../s1. The Kier molecular flexibility index (Phi) is 10.9. The zero-order valence-electron chi connectivity index (χ0n) is 26.3. The van der Waals surface area contributed by atoms with Crippen molar-refractivity contribution >= 4 is 78.3 Å². The SMILES string of the molecule is COc1ccc2c(c1)OCC1=C2CC[C@]2(C)C(=O)CC=C12.COc1ccc2c(c1)OC[C@H]1[C@@H]2CC[C@]2(C)C(=O)CC[C@@H]12.I.II. The average molecular weight is 950 g/mol. The third-order valence-corrected chi connectivity index (χ3v) is 11.3. The first-order chi connectivity index (χ1) is 21.3. The number of methoxy groups -OCH3 is 2. The lowest BCUT2D eigenvalue weighted by atomic mass is 9.58. The maximum atomic E-state index is 12.3. The number of ether oxygens (including phenoxy) is 4. The molecule has 242 valence electrons. The van der Waals surface area contributed by atoms with Crippen molar-refractivity contribution in [2.45, 2.75) is 64.7 Å². The average Bonchev–Trinajstić information content (AvgIpc) is 3.55. The van der Waals surface area contributed by atoms with E-state index in [4.69, 9.17) is 18.9 Å². The molecule has 8 rings (SSSR count). The van der Waals surface area contributed by atoms with Crippen LogP contribution < -0.4 is 18.9 Å². The van der Waals surface area contributed by atoms with Crippen molar-refractivity contribution in [1.82, 2.24) is 0 Å². The fourth-order valence-electron chi connectivity index (χ4n) is 8.76. The summed E-state index contributed by atoms with van der Waals surface area (Å²) in [6.45, 7) is 5.58. The van der Waals surface area contributed by atoms with E-state index in [1.807, 2.05) is 24.3 Å². The van der Waals surface area contributed by atoms with Gasteiger partial charge in [0.2, 0.25) is 0 Å². The quantitative estimate of drug-likeness (QED) is 0.280. The van der Waals surface area contributed by atoms with Gasteiger partial charge in [-0.1, -0.05) is 19.1 Å². The van der Waals surface area contributed by atoms with E-state index in [1.165, 1.54) is 22.3 Å². The molecule has 45 heavy (non-hydrogen) atoms. The van der Waals surface area contributed by atoms with Crippen molar-refractivity contribution < 1.29 is 28.5 Å². The summed E-state index contributed by atoms with van der Waals surface area (Å²) in [5.74, 6) is 5.90. The summed E-state index contributed by atoms with van der Waals surface area (Å²) in [4.78, 5) is 24.5. The van der Waals surface area contributed by atoms with E-state index >= 15 is 0 Å².